The molecule has 0 aliphatic heterocycles. The van der Waals surface area contributed by atoms with Crippen LogP contribution in [0.2, 0.25) is 0 Å². The number of halogens is 1. The lowest BCUT2D eigenvalue weighted by atomic mass is 10.1. The van der Waals surface area contributed by atoms with E-state index in [0.29, 0.717) is 5.69 Å². The molecule has 0 fully saturated rings. The topological polar surface area (TPSA) is 86.8 Å². The van der Waals surface area contributed by atoms with Crippen molar-refractivity contribution >= 4 is 27.5 Å². The maximum absolute atomic E-state index is 13.3. The molecule has 192 valence electrons. The van der Waals surface area contributed by atoms with E-state index in [1.807, 2.05) is 45.0 Å². The van der Waals surface area contributed by atoms with Crippen LogP contribution in [0.3, 0.4) is 0 Å². The normalized spacial score (nSPS) is 13.1. The van der Waals surface area contributed by atoms with Crippen molar-refractivity contribution in [3.05, 3.63) is 65.5 Å². The van der Waals surface area contributed by atoms with Gasteiger partial charge in [-0.25, -0.2) is 12.8 Å². The second-order valence-electron chi connectivity index (χ2n) is 8.92. The van der Waals surface area contributed by atoms with Crippen LogP contribution in [-0.4, -0.2) is 50.0 Å². The molecule has 7 nitrogen and oxygen atoms in total. The van der Waals surface area contributed by atoms with Crippen molar-refractivity contribution < 1.29 is 22.4 Å². The highest BCUT2D eigenvalue weighted by Gasteiger charge is 2.27. The number of nitrogens with one attached hydrogen (secondary N) is 1. The van der Waals surface area contributed by atoms with Crippen LogP contribution in [0.1, 0.15) is 51.2 Å². The second kappa shape index (κ2) is 12.7. The fraction of sp³-hybridized carbons (Fsp3) is 0.462. The third-order valence-corrected chi connectivity index (χ3v) is 7.06. The predicted octanol–water partition coefficient (Wildman–Crippen LogP) is 4.01. The molecule has 0 aromatic heterocycles. The summed E-state index contributed by atoms with van der Waals surface area (Å²) in [6.45, 7) is 7.87. The van der Waals surface area contributed by atoms with Crippen molar-refractivity contribution in [2.75, 3.05) is 17.1 Å². The van der Waals surface area contributed by atoms with Gasteiger partial charge in [-0.05, 0) is 63.4 Å². The minimum absolute atomic E-state index is 0.0140. The number of hydrogen-bond donors (Lipinski definition) is 1. The van der Waals surface area contributed by atoms with E-state index in [1.54, 1.807) is 6.92 Å². The third-order valence-electron chi connectivity index (χ3n) is 5.87. The van der Waals surface area contributed by atoms with E-state index in [0.717, 1.165) is 28.1 Å². The number of aryl methyl sites for hydroxylation is 1. The molecule has 2 amide bonds. The Morgan fingerprint density at radius 2 is 1.74 bits per heavy atom. The maximum Gasteiger partial charge on any atom is 0.242 e. The number of nitrogens with zero attached hydrogens (tertiary/aromatic N) is 2. The first-order chi connectivity index (χ1) is 16.4. The van der Waals surface area contributed by atoms with Crippen molar-refractivity contribution in [1.29, 1.82) is 0 Å². The largest absolute Gasteiger partial charge is 0.352 e. The fourth-order valence-electron chi connectivity index (χ4n) is 3.67. The summed E-state index contributed by atoms with van der Waals surface area (Å²) in [5, 5.41) is 2.93. The Kier molecular flexibility index (Phi) is 10.2. The molecule has 0 saturated carbocycles. The lowest BCUT2D eigenvalue weighted by Crippen LogP contribution is -2.49. The van der Waals surface area contributed by atoms with Gasteiger partial charge in [0.05, 0.1) is 11.9 Å². The standard InChI is InChI=1S/C26H36FN3O4S/c1-6-20(3)28-26(32)21(4)29(18-22-10-7-9-19(2)17-22)25(31)11-8-16-30(35(5,33)34)24-14-12-23(27)13-15-24/h7,9-10,12-15,17,20-21H,6,8,11,16,18H2,1-5H3,(H,28,32)/t20-,21-/m1/s1. The molecule has 0 aliphatic rings. The first kappa shape index (κ1) is 28.3. The van der Waals surface area contributed by atoms with Crippen molar-refractivity contribution in [3.8, 4) is 0 Å². The van der Waals surface area contributed by atoms with Crippen LogP contribution in [0.4, 0.5) is 10.1 Å². The summed E-state index contributed by atoms with van der Waals surface area (Å²) < 4.78 is 39.1. The van der Waals surface area contributed by atoms with Crippen molar-refractivity contribution in [2.45, 2.75) is 65.6 Å². The minimum Gasteiger partial charge on any atom is -0.352 e. The lowest BCUT2D eigenvalue weighted by Gasteiger charge is -2.30. The Hall–Kier alpha value is -2.94. The van der Waals surface area contributed by atoms with Crippen LogP contribution in [0.15, 0.2) is 48.5 Å². The molecule has 0 spiro atoms. The van der Waals surface area contributed by atoms with Crippen LogP contribution in [0, 0.1) is 12.7 Å². The molecule has 0 heterocycles. The van der Waals surface area contributed by atoms with Gasteiger partial charge in [0.25, 0.3) is 0 Å². The number of sulfonamides is 1. The van der Waals surface area contributed by atoms with Crippen LogP contribution in [0.25, 0.3) is 0 Å². The Balaban J connectivity index is 2.16. The molecular formula is C26H36FN3O4S. The summed E-state index contributed by atoms with van der Waals surface area (Å²) in [5.41, 5.74) is 2.29. The Bertz CT molecular complexity index is 1110. The SMILES string of the molecule is CC[C@@H](C)NC(=O)[C@@H](C)N(Cc1cccc(C)c1)C(=O)CCCN(c1ccc(F)cc1)S(C)(=O)=O. The van der Waals surface area contributed by atoms with Gasteiger partial charge in [-0.15, -0.1) is 0 Å². The van der Waals surface area contributed by atoms with Gasteiger partial charge in [-0.2, -0.15) is 0 Å². The van der Waals surface area contributed by atoms with Crippen molar-refractivity contribution in [2.24, 2.45) is 0 Å². The molecule has 0 saturated heterocycles. The summed E-state index contributed by atoms with van der Waals surface area (Å²) in [6.07, 6.45) is 2.14. The Morgan fingerprint density at radius 3 is 2.31 bits per heavy atom. The number of anilines is 1. The van der Waals surface area contributed by atoms with Crippen LogP contribution in [-0.2, 0) is 26.2 Å². The van der Waals surface area contributed by atoms with Gasteiger partial charge < -0.3 is 10.2 Å². The zero-order valence-corrected chi connectivity index (χ0v) is 21.9. The lowest BCUT2D eigenvalue weighted by molar-refractivity contribution is -0.140. The summed E-state index contributed by atoms with van der Waals surface area (Å²) in [4.78, 5) is 27.6. The zero-order chi connectivity index (χ0) is 26.2. The number of rotatable bonds is 12. The molecule has 35 heavy (non-hydrogen) atoms. The molecule has 1 N–H and O–H groups in total. The third kappa shape index (κ3) is 8.65. The van der Waals surface area contributed by atoms with E-state index >= 15 is 0 Å². The number of amides is 2. The van der Waals surface area contributed by atoms with E-state index in [9.17, 15) is 22.4 Å². The van der Waals surface area contributed by atoms with Crippen LogP contribution < -0.4 is 9.62 Å². The minimum atomic E-state index is -3.63. The van der Waals surface area contributed by atoms with Crippen LogP contribution in [0.5, 0.6) is 0 Å². The first-order valence-corrected chi connectivity index (χ1v) is 13.7. The summed E-state index contributed by atoms with van der Waals surface area (Å²) in [5.74, 6) is -0.941. The molecule has 0 radical (unpaired) electrons. The summed E-state index contributed by atoms with van der Waals surface area (Å²) in [7, 11) is -3.63. The molecule has 0 bridgehead atoms. The smallest absolute Gasteiger partial charge is 0.242 e. The van der Waals surface area contributed by atoms with Gasteiger partial charge in [-0.1, -0.05) is 36.8 Å². The van der Waals surface area contributed by atoms with Crippen molar-refractivity contribution in [1.82, 2.24) is 10.2 Å². The van der Waals surface area contributed by atoms with Crippen LogP contribution >= 0.6 is 0 Å². The Labute approximate surface area is 208 Å². The van der Waals surface area contributed by atoms with E-state index in [2.05, 4.69) is 5.32 Å². The molecule has 2 rings (SSSR count). The van der Waals surface area contributed by atoms with E-state index in [1.165, 1.54) is 29.2 Å². The van der Waals surface area contributed by atoms with Gasteiger partial charge in [-0.3, -0.25) is 13.9 Å². The summed E-state index contributed by atoms with van der Waals surface area (Å²) >= 11 is 0. The van der Waals surface area contributed by atoms with Gasteiger partial charge in [0.1, 0.15) is 11.9 Å². The number of hydrogen-bond acceptors (Lipinski definition) is 4. The highest BCUT2D eigenvalue weighted by molar-refractivity contribution is 7.92. The monoisotopic (exact) mass is 505 g/mol. The van der Waals surface area contributed by atoms with E-state index in [-0.39, 0.29) is 43.8 Å². The predicted molar refractivity (Wildman–Crippen MR) is 137 cm³/mol. The molecule has 2 aromatic carbocycles. The average molecular weight is 506 g/mol. The first-order valence-electron chi connectivity index (χ1n) is 11.8. The highest BCUT2D eigenvalue weighted by Crippen LogP contribution is 2.20. The fourth-order valence-corrected chi connectivity index (χ4v) is 4.63. The summed E-state index contributed by atoms with van der Waals surface area (Å²) in [6, 6.07) is 12.2. The second-order valence-corrected chi connectivity index (χ2v) is 10.8. The molecule has 0 unspecified atom stereocenters. The quantitative estimate of drug-likeness (QED) is 0.472. The molecular weight excluding hydrogens is 469 g/mol. The zero-order valence-electron chi connectivity index (χ0n) is 21.1. The molecule has 2 aromatic rings. The maximum atomic E-state index is 13.3. The van der Waals surface area contributed by atoms with Gasteiger partial charge in [0, 0.05) is 25.6 Å². The number of carbonyl (C=O) groups excluding carboxylic acids is 2. The van der Waals surface area contributed by atoms with Gasteiger partial charge >= 0.3 is 0 Å². The molecule has 9 heteroatoms. The average Bonchev–Trinajstić information content (AvgIpc) is 2.79. The van der Waals surface area contributed by atoms with E-state index < -0.39 is 21.9 Å². The molecule has 0 aliphatic carbocycles. The highest BCUT2D eigenvalue weighted by atomic mass is 32.2. The van der Waals surface area contributed by atoms with Gasteiger partial charge in [0.2, 0.25) is 21.8 Å². The van der Waals surface area contributed by atoms with Gasteiger partial charge in [0.15, 0.2) is 0 Å². The molecule has 2 atom stereocenters. The van der Waals surface area contributed by atoms with Crippen molar-refractivity contribution in [3.63, 3.8) is 0 Å². The van der Waals surface area contributed by atoms with E-state index in [4.69, 9.17) is 0 Å². The number of carbonyl (C=O) groups is 2. The number of benzene rings is 2. The Morgan fingerprint density at radius 1 is 1.09 bits per heavy atom.